The molecule has 1 aliphatic heterocycles. The SMILES string of the molecule is C=CCN1CCC(NC(=NCC(C)N(C)Cc2ccccc2)NCC)CC1. The van der Waals surface area contributed by atoms with E-state index in [4.69, 9.17) is 4.99 Å². The van der Waals surface area contributed by atoms with Crippen molar-refractivity contribution in [2.45, 2.75) is 45.3 Å². The van der Waals surface area contributed by atoms with E-state index in [-0.39, 0.29) is 0 Å². The van der Waals surface area contributed by atoms with Gasteiger partial charge in [-0.3, -0.25) is 14.8 Å². The summed E-state index contributed by atoms with van der Waals surface area (Å²) in [5.41, 5.74) is 1.34. The fraction of sp³-hybridized carbons (Fsp3) is 0.591. The normalized spacial score (nSPS) is 17.7. The van der Waals surface area contributed by atoms with E-state index in [1.54, 1.807) is 0 Å². The molecule has 150 valence electrons. The number of likely N-dealkylation sites (N-methyl/N-ethyl adjacent to an activating group) is 1. The van der Waals surface area contributed by atoms with Crippen LogP contribution in [-0.2, 0) is 6.54 Å². The lowest BCUT2D eigenvalue weighted by Gasteiger charge is -2.32. The first-order valence-corrected chi connectivity index (χ1v) is 10.2. The topological polar surface area (TPSA) is 42.9 Å². The molecule has 0 bridgehead atoms. The summed E-state index contributed by atoms with van der Waals surface area (Å²) in [5, 5.41) is 7.03. The van der Waals surface area contributed by atoms with Crippen LogP contribution in [0.2, 0.25) is 0 Å². The minimum absolute atomic E-state index is 0.384. The maximum Gasteiger partial charge on any atom is 0.191 e. The second kappa shape index (κ2) is 11.8. The molecule has 1 aromatic rings. The fourth-order valence-electron chi connectivity index (χ4n) is 3.35. The summed E-state index contributed by atoms with van der Waals surface area (Å²) in [6, 6.07) is 11.5. The van der Waals surface area contributed by atoms with Crippen LogP contribution in [0.15, 0.2) is 48.0 Å². The van der Waals surface area contributed by atoms with Gasteiger partial charge in [0, 0.05) is 44.8 Å². The van der Waals surface area contributed by atoms with E-state index in [2.05, 4.69) is 78.2 Å². The first-order valence-electron chi connectivity index (χ1n) is 10.2. The van der Waals surface area contributed by atoms with E-state index in [0.717, 1.165) is 58.1 Å². The number of benzene rings is 1. The highest BCUT2D eigenvalue weighted by Crippen LogP contribution is 2.10. The van der Waals surface area contributed by atoms with Crippen LogP contribution in [0.1, 0.15) is 32.3 Å². The molecule has 1 fully saturated rings. The molecule has 0 aromatic heterocycles. The van der Waals surface area contributed by atoms with Crippen molar-refractivity contribution >= 4 is 5.96 Å². The first kappa shape index (κ1) is 21.5. The molecule has 0 aliphatic carbocycles. The number of hydrogen-bond acceptors (Lipinski definition) is 3. The van der Waals surface area contributed by atoms with Gasteiger partial charge in [-0.2, -0.15) is 0 Å². The lowest BCUT2D eigenvalue weighted by atomic mass is 10.1. The van der Waals surface area contributed by atoms with Crippen molar-refractivity contribution in [3.05, 3.63) is 48.6 Å². The molecule has 1 atom stereocenters. The zero-order valence-corrected chi connectivity index (χ0v) is 17.3. The third kappa shape index (κ3) is 7.73. The maximum atomic E-state index is 4.85. The van der Waals surface area contributed by atoms with E-state index in [1.807, 2.05) is 6.08 Å². The van der Waals surface area contributed by atoms with Crippen molar-refractivity contribution in [2.75, 3.05) is 39.8 Å². The summed E-state index contributed by atoms with van der Waals surface area (Å²) in [6.07, 6.45) is 4.30. The van der Waals surface area contributed by atoms with Gasteiger partial charge in [0.25, 0.3) is 0 Å². The number of aliphatic imine (C=N–C) groups is 1. The Bertz CT molecular complexity index is 563. The number of nitrogens with zero attached hydrogens (tertiary/aromatic N) is 3. The number of rotatable bonds is 9. The van der Waals surface area contributed by atoms with Gasteiger partial charge in [-0.1, -0.05) is 36.4 Å². The predicted molar refractivity (Wildman–Crippen MR) is 116 cm³/mol. The monoisotopic (exact) mass is 371 g/mol. The minimum Gasteiger partial charge on any atom is -0.357 e. The van der Waals surface area contributed by atoms with Crippen LogP contribution < -0.4 is 10.6 Å². The molecule has 1 aromatic carbocycles. The Kier molecular flexibility index (Phi) is 9.36. The van der Waals surface area contributed by atoms with Gasteiger partial charge in [0.15, 0.2) is 5.96 Å². The van der Waals surface area contributed by atoms with E-state index in [9.17, 15) is 0 Å². The van der Waals surface area contributed by atoms with Crippen LogP contribution >= 0.6 is 0 Å². The molecule has 27 heavy (non-hydrogen) atoms. The molecule has 2 N–H and O–H groups in total. The molecule has 0 saturated carbocycles. The average Bonchev–Trinajstić information content (AvgIpc) is 2.68. The summed E-state index contributed by atoms with van der Waals surface area (Å²) >= 11 is 0. The lowest BCUT2D eigenvalue weighted by Crippen LogP contribution is -2.49. The van der Waals surface area contributed by atoms with Crippen molar-refractivity contribution in [1.29, 1.82) is 0 Å². The molecule has 0 radical (unpaired) electrons. The lowest BCUT2D eigenvalue weighted by molar-refractivity contribution is 0.224. The second-order valence-corrected chi connectivity index (χ2v) is 7.48. The molecule has 5 nitrogen and oxygen atoms in total. The van der Waals surface area contributed by atoms with Gasteiger partial charge in [-0.05, 0) is 39.3 Å². The average molecular weight is 372 g/mol. The minimum atomic E-state index is 0.384. The van der Waals surface area contributed by atoms with Gasteiger partial charge < -0.3 is 10.6 Å². The Morgan fingerprint density at radius 3 is 2.67 bits per heavy atom. The quantitative estimate of drug-likeness (QED) is 0.398. The van der Waals surface area contributed by atoms with Crippen molar-refractivity contribution in [3.8, 4) is 0 Å². The molecule has 1 heterocycles. The summed E-state index contributed by atoms with van der Waals surface area (Å²) in [7, 11) is 2.17. The standard InChI is InChI=1S/C22H37N5/c1-5-14-27-15-12-21(13-16-27)25-22(23-6-2)24-17-19(3)26(4)18-20-10-8-7-9-11-20/h5,7-11,19,21H,1,6,12-18H2,2-4H3,(H2,23,24,25). The molecule has 0 amide bonds. The zero-order valence-electron chi connectivity index (χ0n) is 17.3. The van der Waals surface area contributed by atoms with E-state index < -0.39 is 0 Å². The molecule has 5 heteroatoms. The van der Waals surface area contributed by atoms with Gasteiger partial charge in [0.1, 0.15) is 0 Å². The highest BCUT2D eigenvalue weighted by molar-refractivity contribution is 5.80. The largest absolute Gasteiger partial charge is 0.357 e. The Hall–Kier alpha value is -1.85. The van der Waals surface area contributed by atoms with Crippen LogP contribution in [0, 0.1) is 0 Å². The molecule has 1 unspecified atom stereocenters. The Balaban J connectivity index is 1.82. The summed E-state index contributed by atoms with van der Waals surface area (Å²) in [4.78, 5) is 9.66. The van der Waals surface area contributed by atoms with Gasteiger partial charge in [0.2, 0.25) is 0 Å². The third-order valence-corrected chi connectivity index (χ3v) is 5.20. The van der Waals surface area contributed by atoms with Crippen LogP contribution in [0.3, 0.4) is 0 Å². The number of piperidine rings is 1. The second-order valence-electron chi connectivity index (χ2n) is 7.48. The van der Waals surface area contributed by atoms with Crippen molar-refractivity contribution in [2.24, 2.45) is 4.99 Å². The molecule has 1 aliphatic rings. The summed E-state index contributed by atoms with van der Waals surface area (Å²) < 4.78 is 0. The number of likely N-dealkylation sites (tertiary alicyclic amines) is 1. The van der Waals surface area contributed by atoms with Gasteiger partial charge in [-0.25, -0.2) is 0 Å². The Labute approximate surface area is 165 Å². The predicted octanol–water partition coefficient (Wildman–Crippen LogP) is 2.71. The highest BCUT2D eigenvalue weighted by Gasteiger charge is 2.19. The van der Waals surface area contributed by atoms with Crippen LogP contribution in [0.5, 0.6) is 0 Å². The van der Waals surface area contributed by atoms with E-state index >= 15 is 0 Å². The Morgan fingerprint density at radius 1 is 1.33 bits per heavy atom. The van der Waals surface area contributed by atoms with Crippen LogP contribution in [0.4, 0.5) is 0 Å². The first-order chi connectivity index (χ1) is 13.1. The number of guanidine groups is 1. The smallest absolute Gasteiger partial charge is 0.191 e. The number of hydrogen-bond donors (Lipinski definition) is 2. The van der Waals surface area contributed by atoms with Crippen LogP contribution in [0.25, 0.3) is 0 Å². The van der Waals surface area contributed by atoms with Gasteiger partial charge in [-0.15, -0.1) is 6.58 Å². The zero-order chi connectivity index (χ0) is 19.5. The summed E-state index contributed by atoms with van der Waals surface area (Å²) in [6.45, 7) is 14.1. The maximum absolute atomic E-state index is 4.85. The Morgan fingerprint density at radius 2 is 2.04 bits per heavy atom. The molecule has 1 saturated heterocycles. The third-order valence-electron chi connectivity index (χ3n) is 5.20. The van der Waals surface area contributed by atoms with Crippen molar-refractivity contribution in [1.82, 2.24) is 20.4 Å². The molecular weight excluding hydrogens is 334 g/mol. The van der Waals surface area contributed by atoms with Crippen LogP contribution in [-0.4, -0.2) is 67.6 Å². The fourth-order valence-corrected chi connectivity index (χ4v) is 3.35. The van der Waals surface area contributed by atoms with Crippen molar-refractivity contribution in [3.63, 3.8) is 0 Å². The van der Waals surface area contributed by atoms with E-state index in [0.29, 0.717) is 12.1 Å². The summed E-state index contributed by atoms with van der Waals surface area (Å²) in [5.74, 6) is 0.944. The molecular formula is C22H37N5. The van der Waals surface area contributed by atoms with Gasteiger partial charge >= 0.3 is 0 Å². The molecule has 0 spiro atoms. The molecule has 2 rings (SSSR count). The van der Waals surface area contributed by atoms with E-state index in [1.165, 1.54) is 5.56 Å². The highest BCUT2D eigenvalue weighted by atomic mass is 15.2. The van der Waals surface area contributed by atoms with Gasteiger partial charge in [0.05, 0.1) is 6.54 Å². The number of nitrogens with one attached hydrogen (secondary N) is 2. The van der Waals surface area contributed by atoms with Crippen molar-refractivity contribution < 1.29 is 0 Å².